The first kappa shape index (κ1) is 13.0. The van der Waals surface area contributed by atoms with Gasteiger partial charge in [0, 0.05) is 5.39 Å². The molecular formula is C17H18O3. The Morgan fingerprint density at radius 1 is 1.00 bits per heavy atom. The van der Waals surface area contributed by atoms with Crippen LogP contribution in [-0.2, 0) is 4.79 Å². The average molecular weight is 270 g/mol. The second kappa shape index (κ2) is 5.53. The van der Waals surface area contributed by atoms with Crippen LogP contribution in [0.25, 0.3) is 10.8 Å². The third-order valence-electron chi connectivity index (χ3n) is 4.07. The fourth-order valence-electron chi connectivity index (χ4n) is 2.91. The molecule has 3 rings (SSSR count). The third-order valence-corrected chi connectivity index (χ3v) is 4.07. The maximum absolute atomic E-state index is 11.0. The Hall–Kier alpha value is -2.03. The second-order valence-electron chi connectivity index (χ2n) is 5.41. The van der Waals surface area contributed by atoms with Crippen molar-refractivity contribution >= 4 is 16.7 Å². The van der Waals surface area contributed by atoms with Crippen LogP contribution in [0, 0.1) is 5.92 Å². The van der Waals surface area contributed by atoms with Crippen LogP contribution in [0.3, 0.4) is 0 Å². The first-order chi connectivity index (χ1) is 9.74. The lowest BCUT2D eigenvalue weighted by Gasteiger charge is -2.27. The van der Waals surface area contributed by atoms with Gasteiger partial charge in [0.25, 0.3) is 0 Å². The van der Waals surface area contributed by atoms with Crippen molar-refractivity contribution in [1.29, 1.82) is 0 Å². The van der Waals surface area contributed by atoms with E-state index in [1.165, 1.54) is 5.39 Å². The van der Waals surface area contributed by atoms with Crippen molar-refractivity contribution in [3.8, 4) is 5.75 Å². The highest BCUT2D eigenvalue weighted by atomic mass is 16.5. The summed E-state index contributed by atoms with van der Waals surface area (Å²) in [6.07, 6.45) is 3.20. The number of rotatable bonds is 3. The number of benzene rings is 2. The molecule has 20 heavy (non-hydrogen) atoms. The minimum Gasteiger partial charge on any atom is -0.490 e. The second-order valence-corrected chi connectivity index (χ2v) is 5.41. The van der Waals surface area contributed by atoms with Gasteiger partial charge >= 0.3 is 5.97 Å². The lowest BCUT2D eigenvalue weighted by Crippen LogP contribution is -2.27. The van der Waals surface area contributed by atoms with Gasteiger partial charge in [0.05, 0.1) is 12.0 Å². The molecule has 0 unspecified atom stereocenters. The summed E-state index contributed by atoms with van der Waals surface area (Å²) in [5, 5.41) is 11.3. The average Bonchev–Trinajstić information content (AvgIpc) is 2.48. The molecule has 2 aromatic rings. The van der Waals surface area contributed by atoms with Crippen LogP contribution in [-0.4, -0.2) is 17.2 Å². The van der Waals surface area contributed by atoms with Gasteiger partial charge in [0.2, 0.25) is 0 Å². The zero-order valence-electron chi connectivity index (χ0n) is 11.3. The molecule has 3 heteroatoms. The van der Waals surface area contributed by atoms with E-state index in [4.69, 9.17) is 9.84 Å². The monoisotopic (exact) mass is 270 g/mol. The smallest absolute Gasteiger partial charge is 0.306 e. The van der Waals surface area contributed by atoms with E-state index in [9.17, 15) is 4.79 Å². The van der Waals surface area contributed by atoms with Crippen molar-refractivity contribution < 1.29 is 14.6 Å². The van der Waals surface area contributed by atoms with Crippen LogP contribution >= 0.6 is 0 Å². The quantitative estimate of drug-likeness (QED) is 0.921. The Bertz CT molecular complexity index is 607. The molecule has 1 aliphatic rings. The molecular weight excluding hydrogens is 252 g/mol. The molecule has 0 atom stereocenters. The van der Waals surface area contributed by atoms with Gasteiger partial charge in [-0.3, -0.25) is 4.79 Å². The van der Waals surface area contributed by atoms with Gasteiger partial charge in [-0.25, -0.2) is 0 Å². The molecule has 0 spiro atoms. The Balaban J connectivity index is 1.73. The number of hydrogen-bond acceptors (Lipinski definition) is 2. The summed E-state index contributed by atoms with van der Waals surface area (Å²) in [4.78, 5) is 11.0. The molecule has 0 heterocycles. The Morgan fingerprint density at radius 2 is 1.70 bits per heavy atom. The number of aliphatic carboxylic acids is 1. The van der Waals surface area contributed by atoms with Crippen molar-refractivity contribution in [2.45, 2.75) is 31.8 Å². The van der Waals surface area contributed by atoms with E-state index in [-0.39, 0.29) is 12.0 Å². The zero-order valence-corrected chi connectivity index (χ0v) is 11.3. The van der Waals surface area contributed by atoms with E-state index < -0.39 is 5.97 Å². The van der Waals surface area contributed by atoms with Crippen LogP contribution in [0.2, 0.25) is 0 Å². The molecule has 0 aromatic heterocycles. The number of fused-ring (bicyclic) bond motifs is 1. The van der Waals surface area contributed by atoms with Gasteiger partial charge in [-0.1, -0.05) is 36.4 Å². The van der Waals surface area contributed by atoms with E-state index in [2.05, 4.69) is 18.2 Å². The zero-order chi connectivity index (χ0) is 13.9. The molecule has 0 aliphatic heterocycles. The molecule has 1 fully saturated rings. The summed E-state index contributed by atoms with van der Waals surface area (Å²) in [6.45, 7) is 0. The maximum atomic E-state index is 11.0. The van der Waals surface area contributed by atoms with Gasteiger partial charge in [0.1, 0.15) is 5.75 Å². The molecule has 0 amide bonds. The van der Waals surface area contributed by atoms with Crippen LogP contribution in [0.4, 0.5) is 0 Å². The molecule has 2 aromatic carbocycles. The number of carboxylic acids is 1. The predicted octanol–water partition coefficient (Wildman–Crippen LogP) is 3.86. The van der Waals surface area contributed by atoms with Crippen LogP contribution in [0.5, 0.6) is 5.75 Å². The summed E-state index contributed by atoms with van der Waals surface area (Å²) in [7, 11) is 0. The fourth-order valence-corrected chi connectivity index (χ4v) is 2.91. The molecule has 0 saturated heterocycles. The standard InChI is InChI=1S/C17H18O3/c18-17(19)13-8-10-14(11-9-13)20-16-7-3-5-12-4-1-2-6-15(12)16/h1-7,13-14H,8-11H2,(H,18,19). The molecule has 0 radical (unpaired) electrons. The van der Waals surface area contributed by atoms with E-state index in [1.54, 1.807) is 0 Å². The molecule has 1 saturated carbocycles. The van der Waals surface area contributed by atoms with E-state index in [0.29, 0.717) is 12.8 Å². The molecule has 104 valence electrons. The highest BCUT2D eigenvalue weighted by Crippen LogP contribution is 2.31. The Morgan fingerprint density at radius 3 is 2.45 bits per heavy atom. The van der Waals surface area contributed by atoms with Gasteiger partial charge in [-0.2, -0.15) is 0 Å². The number of carboxylic acid groups (broad SMARTS) is 1. The van der Waals surface area contributed by atoms with Gasteiger partial charge in [-0.15, -0.1) is 0 Å². The summed E-state index contributed by atoms with van der Waals surface area (Å²) in [5.74, 6) is 0.0397. The van der Waals surface area contributed by atoms with Crippen molar-refractivity contribution in [2.24, 2.45) is 5.92 Å². The van der Waals surface area contributed by atoms with Crippen LogP contribution in [0.1, 0.15) is 25.7 Å². The lowest BCUT2D eigenvalue weighted by atomic mass is 9.87. The van der Waals surface area contributed by atoms with Crippen LogP contribution < -0.4 is 4.74 Å². The van der Waals surface area contributed by atoms with Crippen LogP contribution in [0.15, 0.2) is 42.5 Å². The largest absolute Gasteiger partial charge is 0.490 e. The lowest BCUT2D eigenvalue weighted by molar-refractivity contribution is -0.143. The minimum absolute atomic E-state index is 0.136. The van der Waals surface area contributed by atoms with Crippen molar-refractivity contribution in [2.75, 3.05) is 0 Å². The molecule has 1 aliphatic carbocycles. The summed E-state index contributed by atoms with van der Waals surface area (Å²) in [5.41, 5.74) is 0. The number of hydrogen-bond donors (Lipinski definition) is 1. The highest BCUT2D eigenvalue weighted by molar-refractivity contribution is 5.88. The summed E-state index contributed by atoms with van der Waals surface area (Å²) < 4.78 is 6.10. The van der Waals surface area contributed by atoms with Crippen molar-refractivity contribution in [3.05, 3.63) is 42.5 Å². The number of carbonyl (C=O) groups is 1. The van der Waals surface area contributed by atoms with E-state index in [1.807, 2.05) is 24.3 Å². The van der Waals surface area contributed by atoms with E-state index in [0.717, 1.165) is 24.0 Å². The third kappa shape index (κ3) is 2.62. The summed E-state index contributed by atoms with van der Waals surface area (Å²) in [6, 6.07) is 14.2. The normalized spacial score (nSPS) is 22.6. The fraction of sp³-hybridized carbons (Fsp3) is 0.353. The molecule has 3 nitrogen and oxygen atoms in total. The topological polar surface area (TPSA) is 46.5 Å². The Labute approximate surface area is 118 Å². The molecule has 0 bridgehead atoms. The van der Waals surface area contributed by atoms with Gasteiger partial charge in [-0.05, 0) is 37.1 Å². The van der Waals surface area contributed by atoms with Crippen molar-refractivity contribution in [1.82, 2.24) is 0 Å². The summed E-state index contributed by atoms with van der Waals surface area (Å²) >= 11 is 0. The van der Waals surface area contributed by atoms with Crippen molar-refractivity contribution in [3.63, 3.8) is 0 Å². The number of ether oxygens (including phenoxy) is 1. The molecule has 1 N–H and O–H groups in total. The Kier molecular flexibility index (Phi) is 3.59. The van der Waals surface area contributed by atoms with E-state index >= 15 is 0 Å². The van der Waals surface area contributed by atoms with Gasteiger partial charge in [0.15, 0.2) is 0 Å². The first-order valence-corrected chi connectivity index (χ1v) is 7.11. The first-order valence-electron chi connectivity index (χ1n) is 7.11. The minimum atomic E-state index is -0.673. The maximum Gasteiger partial charge on any atom is 0.306 e. The van der Waals surface area contributed by atoms with Gasteiger partial charge < -0.3 is 9.84 Å². The highest BCUT2D eigenvalue weighted by Gasteiger charge is 2.27. The predicted molar refractivity (Wildman–Crippen MR) is 78.0 cm³/mol. The SMILES string of the molecule is O=C(O)C1CCC(Oc2cccc3ccccc23)CC1.